The van der Waals surface area contributed by atoms with Crippen LogP contribution in [0.3, 0.4) is 0 Å². The standard InChI is InChI=1S/C10H10N2O3/c13-10-9(5-6-11-10)7-1-3-8(4-2-7)12(14)15/h1-4,9H,5-6H2,(H,11,13). The molecule has 1 atom stereocenters. The third kappa shape index (κ3) is 1.81. The van der Waals surface area contributed by atoms with Crippen molar-refractivity contribution in [1.29, 1.82) is 0 Å². The Morgan fingerprint density at radius 1 is 1.33 bits per heavy atom. The highest BCUT2D eigenvalue weighted by Gasteiger charge is 2.25. The summed E-state index contributed by atoms with van der Waals surface area (Å²) in [5.41, 5.74) is 0.896. The Morgan fingerprint density at radius 2 is 2.00 bits per heavy atom. The van der Waals surface area contributed by atoms with Crippen LogP contribution in [0.5, 0.6) is 0 Å². The molecular weight excluding hydrogens is 196 g/mol. The number of nitro groups is 1. The van der Waals surface area contributed by atoms with Crippen LogP contribution in [0, 0.1) is 10.1 Å². The van der Waals surface area contributed by atoms with Gasteiger partial charge in [-0.25, -0.2) is 0 Å². The number of nitrogens with zero attached hydrogens (tertiary/aromatic N) is 1. The van der Waals surface area contributed by atoms with Crippen LogP contribution in [0.2, 0.25) is 0 Å². The first-order chi connectivity index (χ1) is 7.18. The van der Waals surface area contributed by atoms with Gasteiger partial charge in [0.15, 0.2) is 0 Å². The molecule has 1 unspecified atom stereocenters. The predicted molar refractivity (Wildman–Crippen MR) is 53.5 cm³/mol. The lowest BCUT2D eigenvalue weighted by Crippen LogP contribution is -2.17. The van der Waals surface area contributed by atoms with Crippen molar-refractivity contribution < 1.29 is 9.72 Å². The van der Waals surface area contributed by atoms with E-state index < -0.39 is 4.92 Å². The zero-order valence-electron chi connectivity index (χ0n) is 7.97. The van der Waals surface area contributed by atoms with Crippen molar-refractivity contribution in [3.63, 3.8) is 0 Å². The van der Waals surface area contributed by atoms with E-state index in [9.17, 15) is 14.9 Å². The van der Waals surface area contributed by atoms with E-state index in [1.165, 1.54) is 12.1 Å². The number of rotatable bonds is 2. The van der Waals surface area contributed by atoms with Crippen LogP contribution in [0.1, 0.15) is 17.9 Å². The summed E-state index contributed by atoms with van der Waals surface area (Å²) in [7, 11) is 0. The molecule has 1 saturated heterocycles. The van der Waals surface area contributed by atoms with Gasteiger partial charge in [0.25, 0.3) is 5.69 Å². The van der Waals surface area contributed by atoms with Gasteiger partial charge in [-0.15, -0.1) is 0 Å². The summed E-state index contributed by atoms with van der Waals surface area (Å²) in [4.78, 5) is 21.3. The summed E-state index contributed by atoms with van der Waals surface area (Å²) in [6.07, 6.45) is 0.761. The van der Waals surface area contributed by atoms with Crippen LogP contribution in [0.25, 0.3) is 0 Å². The molecule has 1 heterocycles. The van der Waals surface area contributed by atoms with Gasteiger partial charge in [-0.05, 0) is 12.0 Å². The van der Waals surface area contributed by atoms with Gasteiger partial charge in [0.1, 0.15) is 0 Å². The van der Waals surface area contributed by atoms with Gasteiger partial charge in [-0.1, -0.05) is 12.1 Å². The van der Waals surface area contributed by atoms with Gasteiger partial charge in [0.05, 0.1) is 10.8 Å². The number of hydrogen-bond acceptors (Lipinski definition) is 3. The second kappa shape index (κ2) is 3.68. The third-order valence-electron chi connectivity index (χ3n) is 2.56. The molecule has 0 aliphatic carbocycles. The van der Waals surface area contributed by atoms with Crippen molar-refractivity contribution >= 4 is 11.6 Å². The van der Waals surface area contributed by atoms with Crippen molar-refractivity contribution in [1.82, 2.24) is 5.32 Å². The average molecular weight is 206 g/mol. The first kappa shape index (κ1) is 9.64. The Balaban J connectivity index is 2.23. The summed E-state index contributed by atoms with van der Waals surface area (Å²) in [6, 6.07) is 6.16. The van der Waals surface area contributed by atoms with E-state index >= 15 is 0 Å². The fraction of sp³-hybridized carbons (Fsp3) is 0.300. The van der Waals surface area contributed by atoms with Crippen LogP contribution >= 0.6 is 0 Å². The Bertz CT molecular complexity index is 400. The maximum absolute atomic E-state index is 11.3. The molecule has 0 saturated carbocycles. The molecule has 0 aromatic heterocycles. The fourth-order valence-corrected chi connectivity index (χ4v) is 1.74. The monoisotopic (exact) mass is 206 g/mol. The van der Waals surface area contributed by atoms with Gasteiger partial charge in [-0.3, -0.25) is 14.9 Å². The van der Waals surface area contributed by atoms with Gasteiger partial charge < -0.3 is 5.32 Å². The van der Waals surface area contributed by atoms with E-state index in [1.807, 2.05) is 0 Å². The number of carbonyl (C=O) groups is 1. The lowest BCUT2D eigenvalue weighted by molar-refractivity contribution is -0.384. The molecule has 5 nitrogen and oxygen atoms in total. The summed E-state index contributed by atoms with van der Waals surface area (Å²) < 4.78 is 0. The van der Waals surface area contributed by atoms with Gasteiger partial charge in [0.2, 0.25) is 5.91 Å². The Hall–Kier alpha value is -1.91. The molecular formula is C10H10N2O3. The van der Waals surface area contributed by atoms with Crippen LogP contribution in [0.15, 0.2) is 24.3 Å². The van der Waals surface area contributed by atoms with Crippen LogP contribution < -0.4 is 5.32 Å². The van der Waals surface area contributed by atoms with Crippen LogP contribution in [-0.2, 0) is 4.79 Å². The molecule has 1 aliphatic rings. The molecule has 1 aromatic carbocycles. The molecule has 0 bridgehead atoms. The maximum atomic E-state index is 11.3. The number of hydrogen-bond donors (Lipinski definition) is 1. The lowest BCUT2D eigenvalue weighted by atomic mass is 9.98. The van der Waals surface area contributed by atoms with E-state index in [4.69, 9.17) is 0 Å². The molecule has 1 amide bonds. The zero-order valence-corrected chi connectivity index (χ0v) is 7.97. The number of non-ortho nitro benzene ring substituents is 1. The quantitative estimate of drug-likeness (QED) is 0.583. The molecule has 2 rings (SSSR count). The Kier molecular flexibility index (Phi) is 2.37. The number of amides is 1. The minimum atomic E-state index is -0.446. The SMILES string of the molecule is O=C1NCCC1c1ccc([N+](=O)[O-])cc1. The van der Waals surface area contributed by atoms with Crippen molar-refractivity contribution in [3.8, 4) is 0 Å². The molecule has 0 spiro atoms. The highest BCUT2D eigenvalue weighted by Crippen LogP contribution is 2.25. The van der Waals surface area contributed by atoms with Gasteiger partial charge >= 0.3 is 0 Å². The molecule has 0 radical (unpaired) electrons. The first-order valence-electron chi connectivity index (χ1n) is 4.70. The minimum Gasteiger partial charge on any atom is -0.356 e. The number of benzene rings is 1. The molecule has 78 valence electrons. The molecule has 1 fully saturated rings. The molecule has 5 heteroatoms. The summed E-state index contributed by atoms with van der Waals surface area (Å²) in [5, 5.41) is 13.2. The smallest absolute Gasteiger partial charge is 0.269 e. The zero-order chi connectivity index (χ0) is 10.8. The number of carbonyl (C=O) groups excluding carboxylic acids is 1. The number of nitro benzene ring substituents is 1. The third-order valence-corrected chi connectivity index (χ3v) is 2.56. The van der Waals surface area contributed by atoms with Crippen LogP contribution in [0.4, 0.5) is 5.69 Å². The van der Waals surface area contributed by atoms with E-state index in [1.54, 1.807) is 12.1 Å². The molecule has 1 aliphatic heterocycles. The van der Waals surface area contributed by atoms with Crippen molar-refractivity contribution in [2.75, 3.05) is 6.54 Å². The molecule has 1 N–H and O–H groups in total. The van der Waals surface area contributed by atoms with E-state index in [-0.39, 0.29) is 17.5 Å². The minimum absolute atomic E-state index is 0.00357. The average Bonchev–Trinajstić information content (AvgIpc) is 2.65. The second-order valence-electron chi connectivity index (χ2n) is 3.48. The van der Waals surface area contributed by atoms with Crippen molar-refractivity contribution in [2.45, 2.75) is 12.3 Å². The normalized spacial score (nSPS) is 20.0. The fourth-order valence-electron chi connectivity index (χ4n) is 1.74. The van der Waals surface area contributed by atoms with E-state index in [0.29, 0.717) is 6.54 Å². The molecule has 1 aromatic rings. The van der Waals surface area contributed by atoms with E-state index in [2.05, 4.69) is 5.32 Å². The van der Waals surface area contributed by atoms with Crippen LogP contribution in [-0.4, -0.2) is 17.4 Å². The van der Waals surface area contributed by atoms with Gasteiger partial charge in [-0.2, -0.15) is 0 Å². The van der Waals surface area contributed by atoms with Crippen molar-refractivity contribution in [2.24, 2.45) is 0 Å². The second-order valence-corrected chi connectivity index (χ2v) is 3.48. The topological polar surface area (TPSA) is 72.2 Å². The maximum Gasteiger partial charge on any atom is 0.269 e. The van der Waals surface area contributed by atoms with Gasteiger partial charge in [0, 0.05) is 18.7 Å². The van der Waals surface area contributed by atoms with Crippen molar-refractivity contribution in [3.05, 3.63) is 39.9 Å². The largest absolute Gasteiger partial charge is 0.356 e. The summed E-state index contributed by atoms with van der Waals surface area (Å²) >= 11 is 0. The summed E-state index contributed by atoms with van der Waals surface area (Å²) in [6.45, 7) is 0.681. The lowest BCUT2D eigenvalue weighted by Gasteiger charge is -2.05. The highest BCUT2D eigenvalue weighted by molar-refractivity contribution is 5.85. The Morgan fingerprint density at radius 3 is 2.47 bits per heavy atom. The number of nitrogens with one attached hydrogen (secondary N) is 1. The Labute approximate surface area is 86.2 Å². The predicted octanol–water partition coefficient (Wildman–Crippen LogP) is 1.20. The first-order valence-corrected chi connectivity index (χ1v) is 4.70. The summed E-state index contributed by atoms with van der Waals surface area (Å²) in [5.74, 6) is -0.144. The molecule has 15 heavy (non-hydrogen) atoms. The highest BCUT2D eigenvalue weighted by atomic mass is 16.6. The van der Waals surface area contributed by atoms with E-state index in [0.717, 1.165) is 12.0 Å².